The van der Waals surface area contributed by atoms with Crippen LogP contribution in [0.4, 0.5) is 0 Å². The van der Waals surface area contributed by atoms with Crippen LogP contribution < -0.4 is 4.74 Å². The third-order valence-corrected chi connectivity index (χ3v) is 9.28. The van der Waals surface area contributed by atoms with Crippen LogP contribution in [0.15, 0.2) is 18.2 Å². The lowest BCUT2D eigenvalue weighted by molar-refractivity contribution is -0.258. The number of ether oxygens (including phenoxy) is 3. The van der Waals surface area contributed by atoms with Crippen molar-refractivity contribution in [3.05, 3.63) is 51.6 Å². The van der Waals surface area contributed by atoms with Crippen molar-refractivity contribution in [2.45, 2.75) is 62.4 Å². The van der Waals surface area contributed by atoms with Crippen molar-refractivity contribution in [3.63, 3.8) is 0 Å². The van der Waals surface area contributed by atoms with E-state index in [-0.39, 0.29) is 46.2 Å². The molecule has 12 nitrogen and oxygen atoms in total. The van der Waals surface area contributed by atoms with E-state index in [2.05, 4.69) is 0 Å². The van der Waals surface area contributed by atoms with E-state index in [9.17, 15) is 39.9 Å². The maximum Gasteiger partial charge on any atom is 0.202 e. The number of benzene rings is 2. The highest BCUT2D eigenvalue weighted by Gasteiger charge is 2.50. The minimum absolute atomic E-state index is 0.0561. The molecule has 4 unspecified atom stereocenters. The number of fused-ring (bicyclic) bond motifs is 3. The molecule has 0 spiro atoms. The minimum atomic E-state index is -2.27. The summed E-state index contributed by atoms with van der Waals surface area (Å²) in [5.74, 6) is -3.26. The van der Waals surface area contributed by atoms with Gasteiger partial charge >= 0.3 is 0 Å². The third kappa shape index (κ3) is 5.72. The molecule has 5 N–H and O–H groups in total. The maximum absolute atomic E-state index is 13.8. The normalized spacial score (nSPS) is 27.6. The van der Waals surface area contributed by atoms with Gasteiger partial charge in [-0.05, 0) is 13.0 Å². The Balaban J connectivity index is 1.62. The number of hydrogen-bond donors (Lipinski definition) is 5. The lowest BCUT2D eigenvalue weighted by Crippen LogP contribution is -2.56. The van der Waals surface area contributed by atoms with Crippen molar-refractivity contribution in [2.24, 2.45) is 0 Å². The van der Waals surface area contributed by atoms with E-state index < -0.39 is 95.7 Å². The number of rotatable bonds is 10. The van der Waals surface area contributed by atoms with E-state index in [1.165, 1.54) is 25.3 Å². The number of phenolic OH excluding ortho intramolecular Hbond substituents is 2. The molecule has 2 aromatic carbocycles. The van der Waals surface area contributed by atoms with Crippen LogP contribution >= 0.6 is 23.2 Å². The van der Waals surface area contributed by atoms with E-state index in [0.717, 1.165) is 0 Å². The molecule has 0 radical (unpaired) electrons. The predicted molar refractivity (Wildman–Crippen MR) is 161 cm³/mol. The summed E-state index contributed by atoms with van der Waals surface area (Å²) in [5.41, 5.74) is -3.67. The van der Waals surface area contributed by atoms with E-state index >= 15 is 0 Å². The fourth-order valence-corrected chi connectivity index (χ4v) is 7.15. The summed E-state index contributed by atoms with van der Waals surface area (Å²) >= 11 is 12.0. The van der Waals surface area contributed by atoms with Crippen molar-refractivity contribution in [2.75, 3.05) is 38.6 Å². The van der Waals surface area contributed by atoms with Gasteiger partial charge < -0.3 is 39.7 Å². The zero-order valence-corrected chi connectivity index (χ0v) is 26.2. The van der Waals surface area contributed by atoms with Gasteiger partial charge in [0.15, 0.2) is 17.9 Å². The first-order valence-electron chi connectivity index (χ1n) is 14.5. The highest BCUT2D eigenvalue weighted by Crippen LogP contribution is 2.52. The van der Waals surface area contributed by atoms with Crippen LogP contribution in [0.5, 0.6) is 17.2 Å². The number of aliphatic hydroxyl groups is 3. The van der Waals surface area contributed by atoms with Crippen LogP contribution in [0, 0.1) is 0 Å². The summed E-state index contributed by atoms with van der Waals surface area (Å²) in [6.45, 7) is 1.43. The number of ketones is 3. The van der Waals surface area contributed by atoms with Gasteiger partial charge in [0.05, 0.1) is 42.1 Å². The quantitative estimate of drug-likeness (QED) is 0.156. The molecule has 244 valence electrons. The Morgan fingerprint density at radius 3 is 2.38 bits per heavy atom. The van der Waals surface area contributed by atoms with Crippen LogP contribution in [0.3, 0.4) is 0 Å². The summed E-state index contributed by atoms with van der Waals surface area (Å²) in [5, 5.41) is 55.3. The van der Waals surface area contributed by atoms with Crippen molar-refractivity contribution in [1.82, 2.24) is 4.90 Å². The molecule has 1 aliphatic heterocycles. The molecule has 45 heavy (non-hydrogen) atoms. The summed E-state index contributed by atoms with van der Waals surface area (Å²) in [6, 6.07) is 3.87. The highest BCUT2D eigenvalue weighted by atomic mass is 35.5. The number of carbonyl (C=O) groups is 3. The zero-order chi connectivity index (χ0) is 32.8. The summed E-state index contributed by atoms with van der Waals surface area (Å²) in [4.78, 5) is 42.2. The van der Waals surface area contributed by atoms with Gasteiger partial charge in [0, 0.05) is 66.8 Å². The number of alkyl halides is 2. The number of Topliss-reactive ketones (excluding diaryl/α,β-unsaturated/α-hetero) is 1. The first kappa shape index (κ1) is 33.6. The van der Waals surface area contributed by atoms with E-state index in [0.29, 0.717) is 13.1 Å². The van der Waals surface area contributed by atoms with Gasteiger partial charge in [-0.3, -0.25) is 19.3 Å². The molecule has 2 aromatic rings. The first-order valence-corrected chi connectivity index (χ1v) is 15.6. The molecular formula is C31H35Cl2NO11. The molecule has 3 aliphatic rings. The van der Waals surface area contributed by atoms with Crippen LogP contribution in [0.2, 0.25) is 0 Å². The number of nitrogens with zero attached hydrogens (tertiary/aromatic N) is 1. The Bertz CT molecular complexity index is 1510. The Labute approximate surface area is 269 Å². The Morgan fingerprint density at radius 2 is 1.76 bits per heavy atom. The molecule has 0 bridgehead atoms. The summed E-state index contributed by atoms with van der Waals surface area (Å²) < 4.78 is 17.5. The van der Waals surface area contributed by atoms with Gasteiger partial charge in [0.25, 0.3) is 0 Å². The smallest absolute Gasteiger partial charge is 0.202 e. The molecule has 1 heterocycles. The summed E-state index contributed by atoms with van der Waals surface area (Å²) in [6.07, 6.45) is -5.08. The van der Waals surface area contributed by atoms with Crippen LogP contribution in [-0.4, -0.2) is 116 Å². The predicted octanol–water partition coefficient (Wildman–Crippen LogP) is 1.82. The molecule has 0 aromatic heterocycles. The number of aliphatic hydroxyl groups excluding tert-OH is 2. The second-order valence-corrected chi connectivity index (χ2v) is 12.2. The lowest BCUT2D eigenvalue weighted by Gasteiger charge is -2.45. The third-order valence-electron chi connectivity index (χ3n) is 8.94. The molecule has 14 heteroatoms. The van der Waals surface area contributed by atoms with Crippen LogP contribution in [0.1, 0.15) is 68.8 Å². The fraction of sp³-hybridized carbons (Fsp3) is 0.516. The maximum atomic E-state index is 13.8. The molecule has 2 aliphatic carbocycles. The number of carbonyl (C=O) groups excluding carboxylic acids is 3. The average molecular weight is 669 g/mol. The molecule has 0 amide bonds. The van der Waals surface area contributed by atoms with E-state index in [1.807, 2.05) is 4.90 Å². The Kier molecular flexibility index (Phi) is 9.79. The van der Waals surface area contributed by atoms with Crippen molar-refractivity contribution >= 4 is 40.6 Å². The lowest BCUT2D eigenvalue weighted by atomic mass is 9.72. The number of phenols is 2. The minimum Gasteiger partial charge on any atom is -0.507 e. The van der Waals surface area contributed by atoms with Gasteiger partial charge in [0.2, 0.25) is 5.78 Å². The zero-order valence-electron chi connectivity index (χ0n) is 24.7. The largest absolute Gasteiger partial charge is 0.507 e. The highest BCUT2D eigenvalue weighted by molar-refractivity contribution is 6.31. The van der Waals surface area contributed by atoms with Crippen molar-refractivity contribution in [1.29, 1.82) is 0 Å². The number of aromatic hydroxyl groups is 2. The van der Waals surface area contributed by atoms with Crippen molar-refractivity contribution < 1.29 is 54.1 Å². The molecule has 0 saturated carbocycles. The Morgan fingerprint density at radius 1 is 1.09 bits per heavy atom. The van der Waals surface area contributed by atoms with Gasteiger partial charge in [-0.15, -0.1) is 23.2 Å². The van der Waals surface area contributed by atoms with Gasteiger partial charge in [-0.2, -0.15) is 0 Å². The average Bonchev–Trinajstić information content (AvgIpc) is 3.02. The standard InChI is InChI=1S/C31H35Cl2NO11/c1-14-26(37)17(34(8-6-32)9-7-33)10-21(44-14)45-19-12-31(42,20(36)13-35)11-16-23(19)30(41)25-24(28(16)39)27(38)15-4-3-5-18(43-2)22(15)29(25)40/h3-5,14,17,19,21,26,35,37,39,41-42H,6-13H2,1-2H3/t14?,17?,19-,21?,26?,31-/m0/s1. The second kappa shape index (κ2) is 13.1. The topological polar surface area (TPSA) is 183 Å². The van der Waals surface area contributed by atoms with Gasteiger partial charge in [0.1, 0.15) is 29.5 Å². The number of methoxy groups -OCH3 is 1. The molecule has 6 atom stereocenters. The molecule has 1 fully saturated rings. The SMILES string of the molecule is COc1cccc2c1C(=O)c1c(O)c3c(c(O)c1C2=O)C[C@@](O)(C(=O)CO)C[C@@H]3OC1CC(N(CCCl)CCCl)C(O)C(C)O1. The monoisotopic (exact) mass is 667 g/mol. The van der Waals surface area contributed by atoms with Gasteiger partial charge in [-0.25, -0.2) is 0 Å². The molecule has 1 saturated heterocycles. The second-order valence-electron chi connectivity index (χ2n) is 11.5. The number of hydrogen-bond acceptors (Lipinski definition) is 12. The van der Waals surface area contributed by atoms with Crippen molar-refractivity contribution in [3.8, 4) is 17.2 Å². The van der Waals surface area contributed by atoms with Crippen LogP contribution in [-0.2, 0) is 20.7 Å². The molecule has 5 rings (SSSR count). The first-order chi connectivity index (χ1) is 21.4. The van der Waals surface area contributed by atoms with E-state index in [4.69, 9.17) is 37.4 Å². The van der Waals surface area contributed by atoms with E-state index in [1.54, 1.807) is 6.92 Å². The van der Waals surface area contributed by atoms with Gasteiger partial charge in [-0.1, -0.05) is 12.1 Å². The Hall–Kier alpha value is -2.81. The fourth-order valence-electron chi connectivity index (χ4n) is 6.72. The molecular weight excluding hydrogens is 633 g/mol. The van der Waals surface area contributed by atoms with Crippen LogP contribution in [0.25, 0.3) is 0 Å². The summed E-state index contributed by atoms with van der Waals surface area (Å²) in [7, 11) is 1.33. The number of halogens is 2.